The number of carbonyl (C=O) groups is 1. The van der Waals surface area contributed by atoms with E-state index in [0.29, 0.717) is 5.56 Å². The number of benzene rings is 2. The Balaban J connectivity index is 2.19. The summed E-state index contributed by atoms with van der Waals surface area (Å²) in [5.41, 5.74) is 4.14. The van der Waals surface area contributed by atoms with Gasteiger partial charge < -0.3 is 5.11 Å². The summed E-state index contributed by atoms with van der Waals surface area (Å²) in [6.45, 7) is 6.20. The maximum absolute atomic E-state index is 12.0. The molecular weight excluding hydrogens is 310 g/mol. The Morgan fingerprint density at radius 3 is 2.28 bits per heavy atom. The van der Waals surface area contributed by atoms with Gasteiger partial charge in [0.1, 0.15) is 0 Å². The molecule has 1 aromatic heterocycles. The van der Waals surface area contributed by atoms with Crippen molar-refractivity contribution in [3.63, 3.8) is 0 Å². The van der Waals surface area contributed by atoms with Crippen LogP contribution in [-0.2, 0) is 6.42 Å². The van der Waals surface area contributed by atoms with Crippen LogP contribution in [0.5, 0.6) is 0 Å². The predicted octanol–water partition coefficient (Wildman–Crippen LogP) is 5.40. The molecule has 25 heavy (non-hydrogen) atoms. The largest absolute Gasteiger partial charge is 0.478 e. The van der Waals surface area contributed by atoms with Crippen molar-refractivity contribution in [1.29, 1.82) is 0 Å². The maximum atomic E-state index is 12.0. The molecule has 1 heterocycles. The normalized spacial score (nSPS) is 12.5. The molecule has 0 aliphatic heterocycles. The number of hydrogen-bond donors (Lipinski definition) is 1. The van der Waals surface area contributed by atoms with Crippen molar-refractivity contribution < 1.29 is 9.90 Å². The van der Waals surface area contributed by atoms with Gasteiger partial charge in [0.2, 0.25) is 0 Å². The second-order valence-corrected chi connectivity index (χ2v) is 6.85. The van der Waals surface area contributed by atoms with E-state index in [1.807, 2.05) is 56.3 Å². The smallest absolute Gasteiger partial charge is 0.336 e. The molecule has 1 atom stereocenters. The second kappa shape index (κ2) is 7.06. The summed E-state index contributed by atoms with van der Waals surface area (Å²) < 4.78 is 0. The van der Waals surface area contributed by atoms with Gasteiger partial charge in [0.05, 0.1) is 11.1 Å². The third-order valence-electron chi connectivity index (χ3n) is 4.60. The fourth-order valence-corrected chi connectivity index (χ4v) is 3.50. The highest BCUT2D eigenvalue weighted by molar-refractivity contribution is 6.04. The van der Waals surface area contributed by atoms with Crippen LogP contribution in [0.15, 0.2) is 54.6 Å². The molecule has 0 aliphatic carbocycles. The molecule has 0 spiro atoms. The summed E-state index contributed by atoms with van der Waals surface area (Å²) in [6, 6.07) is 17.8. The Morgan fingerprint density at radius 2 is 1.64 bits per heavy atom. The lowest BCUT2D eigenvalue weighted by atomic mass is 9.86. The van der Waals surface area contributed by atoms with Crippen molar-refractivity contribution in [2.24, 2.45) is 0 Å². The number of hydrogen-bond acceptors (Lipinski definition) is 2. The summed E-state index contributed by atoms with van der Waals surface area (Å²) in [5, 5.41) is 10.6. The van der Waals surface area contributed by atoms with Gasteiger partial charge in [-0.1, -0.05) is 69.3 Å². The van der Waals surface area contributed by atoms with Crippen LogP contribution in [0, 0.1) is 0 Å². The number of nitrogens with zero attached hydrogens (tertiary/aromatic N) is 1. The van der Waals surface area contributed by atoms with Crippen molar-refractivity contribution in [2.75, 3.05) is 0 Å². The molecule has 3 rings (SSSR count). The minimum Gasteiger partial charge on any atom is -0.478 e. The van der Waals surface area contributed by atoms with Crippen LogP contribution in [0.4, 0.5) is 0 Å². The standard InChI is InChI=1S/C22H23NO2/c1-14(2)19-20(22(24)25)17-11-7-8-12-18(17)23-21(19)15(3)13-16-9-5-4-6-10-16/h4-12,14-15H,13H2,1-3H3,(H,24,25). The first kappa shape index (κ1) is 17.2. The quantitative estimate of drug-likeness (QED) is 0.680. The van der Waals surface area contributed by atoms with E-state index in [1.165, 1.54) is 5.56 Å². The number of carboxylic acid groups (broad SMARTS) is 1. The number of aromatic nitrogens is 1. The second-order valence-electron chi connectivity index (χ2n) is 6.85. The van der Waals surface area contributed by atoms with Crippen molar-refractivity contribution in [2.45, 2.75) is 39.0 Å². The predicted molar refractivity (Wildman–Crippen MR) is 101 cm³/mol. The SMILES string of the molecule is CC(C)c1c(C(C)Cc2ccccc2)nc2ccccc2c1C(=O)O. The zero-order valence-corrected chi connectivity index (χ0v) is 14.9. The van der Waals surface area contributed by atoms with E-state index in [4.69, 9.17) is 4.98 Å². The van der Waals surface area contributed by atoms with E-state index in [1.54, 1.807) is 0 Å². The molecule has 0 radical (unpaired) electrons. The molecule has 1 N–H and O–H groups in total. The van der Waals surface area contributed by atoms with Crippen LogP contribution in [0.1, 0.15) is 59.8 Å². The molecule has 0 bridgehead atoms. The van der Waals surface area contributed by atoms with Gasteiger partial charge in [0, 0.05) is 17.0 Å². The molecule has 0 saturated heterocycles. The number of carboxylic acids is 1. The summed E-state index contributed by atoms with van der Waals surface area (Å²) in [6.07, 6.45) is 0.838. The Kier molecular flexibility index (Phi) is 4.84. The highest BCUT2D eigenvalue weighted by Crippen LogP contribution is 2.34. The van der Waals surface area contributed by atoms with Gasteiger partial charge in [0.15, 0.2) is 0 Å². The van der Waals surface area contributed by atoms with Crippen LogP contribution in [0.2, 0.25) is 0 Å². The van der Waals surface area contributed by atoms with E-state index in [2.05, 4.69) is 19.1 Å². The summed E-state index contributed by atoms with van der Waals surface area (Å²) >= 11 is 0. The van der Waals surface area contributed by atoms with Gasteiger partial charge in [-0.3, -0.25) is 4.98 Å². The number of rotatable bonds is 5. The van der Waals surface area contributed by atoms with Gasteiger partial charge in [-0.2, -0.15) is 0 Å². The Hall–Kier alpha value is -2.68. The molecule has 3 heteroatoms. The average Bonchev–Trinajstić information content (AvgIpc) is 2.60. The highest BCUT2D eigenvalue weighted by atomic mass is 16.4. The minimum absolute atomic E-state index is 0.0939. The van der Waals surface area contributed by atoms with Gasteiger partial charge >= 0.3 is 5.97 Å². The molecular formula is C22H23NO2. The first-order valence-electron chi connectivity index (χ1n) is 8.68. The minimum atomic E-state index is -0.879. The van der Waals surface area contributed by atoms with Crippen molar-refractivity contribution in [1.82, 2.24) is 4.98 Å². The first-order valence-corrected chi connectivity index (χ1v) is 8.68. The lowest BCUT2D eigenvalue weighted by molar-refractivity contribution is 0.0697. The Morgan fingerprint density at radius 1 is 1.00 bits per heavy atom. The van der Waals surface area contributed by atoms with Crippen LogP contribution in [-0.4, -0.2) is 16.1 Å². The third-order valence-corrected chi connectivity index (χ3v) is 4.60. The number of pyridine rings is 1. The maximum Gasteiger partial charge on any atom is 0.336 e. The first-order chi connectivity index (χ1) is 12.0. The van der Waals surface area contributed by atoms with Crippen LogP contribution in [0.3, 0.4) is 0 Å². The highest BCUT2D eigenvalue weighted by Gasteiger charge is 2.24. The van der Waals surface area contributed by atoms with Crippen LogP contribution in [0.25, 0.3) is 10.9 Å². The van der Waals surface area contributed by atoms with Crippen molar-refractivity contribution in [3.05, 3.63) is 77.0 Å². The Bertz CT molecular complexity index is 901. The molecule has 0 saturated carbocycles. The lowest BCUT2D eigenvalue weighted by Gasteiger charge is -2.21. The molecule has 2 aromatic carbocycles. The van der Waals surface area contributed by atoms with Gasteiger partial charge in [-0.05, 0) is 29.5 Å². The van der Waals surface area contributed by atoms with E-state index >= 15 is 0 Å². The molecule has 3 nitrogen and oxygen atoms in total. The van der Waals surface area contributed by atoms with Crippen molar-refractivity contribution >= 4 is 16.9 Å². The fraction of sp³-hybridized carbons (Fsp3) is 0.273. The van der Waals surface area contributed by atoms with Gasteiger partial charge in [0.25, 0.3) is 0 Å². The van der Waals surface area contributed by atoms with E-state index < -0.39 is 5.97 Å². The average molecular weight is 333 g/mol. The topological polar surface area (TPSA) is 50.2 Å². The zero-order valence-electron chi connectivity index (χ0n) is 14.9. The summed E-state index contributed by atoms with van der Waals surface area (Å²) in [4.78, 5) is 16.9. The monoisotopic (exact) mass is 333 g/mol. The summed E-state index contributed by atoms with van der Waals surface area (Å²) in [7, 11) is 0. The summed E-state index contributed by atoms with van der Waals surface area (Å²) in [5.74, 6) is -0.644. The number of aromatic carboxylic acids is 1. The van der Waals surface area contributed by atoms with Gasteiger partial charge in [-0.15, -0.1) is 0 Å². The molecule has 0 aliphatic rings. The van der Waals surface area contributed by atoms with E-state index in [9.17, 15) is 9.90 Å². The van der Waals surface area contributed by atoms with Crippen LogP contribution >= 0.6 is 0 Å². The number of fused-ring (bicyclic) bond motifs is 1. The van der Waals surface area contributed by atoms with E-state index in [-0.39, 0.29) is 11.8 Å². The van der Waals surface area contributed by atoms with E-state index in [0.717, 1.165) is 28.6 Å². The molecule has 1 unspecified atom stereocenters. The van der Waals surface area contributed by atoms with Crippen molar-refractivity contribution in [3.8, 4) is 0 Å². The molecule has 0 amide bonds. The third kappa shape index (κ3) is 3.41. The number of para-hydroxylation sites is 1. The molecule has 3 aromatic rings. The van der Waals surface area contributed by atoms with Gasteiger partial charge in [-0.25, -0.2) is 4.79 Å². The fourth-order valence-electron chi connectivity index (χ4n) is 3.50. The molecule has 0 fully saturated rings. The zero-order chi connectivity index (χ0) is 18.0. The Labute approximate surface area is 148 Å². The lowest BCUT2D eigenvalue weighted by Crippen LogP contribution is -2.14. The van der Waals surface area contributed by atoms with Crippen LogP contribution < -0.4 is 0 Å². The molecule has 128 valence electrons.